The molecule has 0 aromatic carbocycles. The maximum absolute atomic E-state index is 13.5. The first-order valence-electron chi connectivity index (χ1n) is 10.7. The van der Waals surface area contributed by atoms with E-state index in [1.54, 1.807) is 12.5 Å². The molecule has 0 saturated carbocycles. The van der Waals surface area contributed by atoms with E-state index in [9.17, 15) is 28.5 Å². The first kappa shape index (κ1) is 27.8. The summed E-state index contributed by atoms with van der Waals surface area (Å²) < 4.78 is 13.5. The Morgan fingerprint density at radius 2 is 1.45 bits per heavy atom. The highest BCUT2D eigenvalue weighted by atomic mass is 32.2. The Morgan fingerprint density at radius 3 is 1.94 bits per heavy atom. The average Bonchev–Trinajstić information content (AvgIpc) is 3.22. The fourth-order valence-corrected chi connectivity index (χ4v) is 6.85. The summed E-state index contributed by atoms with van der Waals surface area (Å²) in [6, 6.07) is 0. The van der Waals surface area contributed by atoms with Crippen molar-refractivity contribution in [3.8, 4) is 0 Å². The van der Waals surface area contributed by atoms with Gasteiger partial charge in [0.05, 0.1) is 10.5 Å². The van der Waals surface area contributed by atoms with Crippen LogP contribution in [0.2, 0.25) is 0 Å². The number of nitrogens with one attached hydrogen (secondary N) is 3. The Hall–Kier alpha value is -1.40. The Kier molecular flexibility index (Phi) is 10.9. The van der Waals surface area contributed by atoms with E-state index in [0.29, 0.717) is 6.42 Å². The summed E-state index contributed by atoms with van der Waals surface area (Å²) in [5.41, 5.74) is 0. The molecule has 2 aliphatic heterocycles. The van der Waals surface area contributed by atoms with Crippen LogP contribution in [0.5, 0.6) is 0 Å². The van der Waals surface area contributed by atoms with Gasteiger partial charge in [0.25, 0.3) is 0 Å². The number of carbonyl (C=O) groups is 5. The summed E-state index contributed by atoms with van der Waals surface area (Å²) >= 11 is 2.67. The molecule has 0 aliphatic carbocycles. The molecule has 2 heterocycles. The third-order valence-electron chi connectivity index (χ3n) is 5.53. The van der Waals surface area contributed by atoms with Crippen LogP contribution >= 0.6 is 31.0 Å². The molecule has 2 fully saturated rings. The summed E-state index contributed by atoms with van der Waals surface area (Å²) in [6.45, 7) is 0.541. The smallest absolute Gasteiger partial charge is 0.242 e. The molecule has 0 bridgehead atoms. The van der Waals surface area contributed by atoms with Crippen LogP contribution in [-0.2, 0) is 28.5 Å². The van der Waals surface area contributed by atoms with Gasteiger partial charge in [-0.05, 0) is 18.9 Å². The van der Waals surface area contributed by atoms with E-state index in [-0.39, 0.29) is 91.6 Å². The first-order valence-corrected chi connectivity index (χ1v) is 15.2. The zero-order valence-corrected chi connectivity index (χ0v) is 21.7. The van der Waals surface area contributed by atoms with Gasteiger partial charge in [0.15, 0.2) is 0 Å². The second-order valence-electron chi connectivity index (χ2n) is 7.68. The van der Waals surface area contributed by atoms with Crippen LogP contribution < -0.4 is 15.5 Å². The van der Waals surface area contributed by atoms with Gasteiger partial charge in [-0.15, -0.1) is 0 Å². The minimum Gasteiger partial charge on any atom is -0.359 e. The molecule has 33 heavy (non-hydrogen) atoms. The number of hydrogen-bond donors (Lipinski definition) is 3. The summed E-state index contributed by atoms with van der Waals surface area (Å²) in [7, 11) is -1.70. The number of amides is 5. The Labute approximate surface area is 202 Å². The number of imide groups is 2. The Morgan fingerprint density at radius 1 is 0.939 bits per heavy atom. The molecule has 0 aromatic heterocycles. The number of hydrogen-bond acceptors (Lipinski definition) is 8. The molecule has 14 heteroatoms. The molecule has 0 radical (unpaired) electrons. The quantitative estimate of drug-likeness (QED) is 0.209. The van der Waals surface area contributed by atoms with Gasteiger partial charge in [-0.3, -0.25) is 48.5 Å². The molecule has 0 spiro atoms. The summed E-state index contributed by atoms with van der Waals surface area (Å²) in [5, 5.41) is 7.57. The van der Waals surface area contributed by atoms with Crippen LogP contribution in [0, 0.1) is 0 Å². The number of carbonyl (C=O) groups excluding carboxylic acids is 5. The number of thioether (sulfide) groups is 2. The number of rotatable bonds is 14. The lowest BCUT2D eigenvalue weighted by molar-refractivity contribution is -0.139. The zero-order valence-electron chi connectivity index (χ0n) is 19.1. The van der Waals surface area contributed by atoms with Crippen LogP contribution in [0.4, 0.5) is 0 Å². The standard InChI is InChI=1S/C19H32N5O6PS2/c1-20-15(25)5-6-21-31(30,10-4-8-23-16(26)11-13(32-2)18(23)28)22-7-9-24-17(27)12-14(33-3)19(24)29/h13-14H,4-12H2,1-3H3,(H,20,25)(H2,21,22,30). The van der Waals surface area contributed by atoms with Gasteiger partial charge < -0.3 is 5.32 Å². The van der Waals surface area contributed by atoms with Gasteiger partial charge in [-0.25, -0.2) is 0 Å². The minimum atomic E-state index is -3.21. The van der Waals surface area contributed by atoms with Crippen molar-refractivity contribution in [3.63, 3.8) is 0 Å². The van der Waals surface area contributed by atoms with Gasteiger partial charge in [-0.1, -0.05) is 0 Å². The highest BCUT2D eigenvalue weighted by Gasteiger charge is 2.39. The van der Waals surface area contributed by atoms with Crippen LogP contribution in [0.3, 0.4) is 0 Å². The van der Waals surface area contributed by atoms with E-state index in [4.69, 9.17) is 0 Å². The second kappa shape index (κ2) is 12.9. The van der Waals surface area contributed by atoms with Crippen molar-refractivity contribution in [1.82, 2.24) is 25.3 Å². The zero-order chi connectivity index (χ0) is 24.6. The van der Waals surface area contributed by atoms with Crippen molar-refractivity contribution in [3.05, 3.63) is 0 Å². The number of likely N-dealkylation sites (tertiary alicyclic amines) is 2. The molecule has 3 unspecified atom stereocenters. The van der Waals surface area contributed by atoms with Crippen molar-refractivity contribution >= 4 is 60.5 Å². The maximum Gasteiger partial charge on any atom is 0.242 e. The predicted molar refractivity (Wildman–Crippen MR) is 129 cm³/mol. The minimum absolute atomic E-state index is 0.0916. The van der Waals surface area contributed by atoms with E-state index in [0.717, 1.165) is 0 Å². The second-order valence-corrected chi connectivity index (χ2v) is 12.3. The molecule has 186 valence electrons. The van der Waals surface area contributed by atoms with Crippen LogP contribution in [0.1, 0.15) is 25.7 Å². The maximum atomic E-state index is 13.5. The van der Waals surface area contributed by atoms with Crippen molar-refractivity contribution in [1.29, 1.82) is 0 Å². The predicted octanol–water partition coefficient (Wildman–Crippen LogP) is -0.134. The topological polar surface area (TPSA) is 145 Å². The first-order chi connectivity index (χ1) is 15.7. The largest absolute Gasteiger partial charge is 0.359 e. The molecular weight excluding hydrogens is 489 g/mol. The van der Waals surface area contributed by atoms with Gasteiger partial charge in [0.1, 0.15) is 0 Å². The lowest BCUT2D eigenvalue weighted by Gasteiger charge is -2.23. The molecule has 2 saturated heterocycles. The van der Waals surface area contributed by atoms with Crippen LogP contribution in [0.15, 0.2) is 0 Å². The molecule has 0 aromatic rings. The highest BCUT2D eigenvalue weighted by Crippen LogP contribution is 2.37. The number of nitrogens with zero attached hydrogens (tertiary/aromatic N) is 2. The Bertz CT molecular complexity index is 776. The summed E-state index contributed by atoms with van der Waals surface area (Å²) in [4.78, 5) is 62.6. The molecule has 2 rings (SSSR count). The third-order valence-corrected chi connectivity index (χ3v) is 9.82. The van der Waals surface area contributed by atoms with Crippen molar-refractivity contribution in [2.45, 2.75) is 36.2 Å². The highest BCUT2D eigenvalue weighted by molar-refractivity contribution is 8.00. The van der Waals surface area contributed by atoms with Gasteiger partial charge in [0, 0.05) is 58.7 Å². The Balaban J connectivity index is 1.92. The van der Waals surface area contributed by atoms with E-state index in [2.05, 4.69) is 15.5 Å². The molecular formula is C19H32N5O6PS2. The van der Waals surface area contributed by atoms with Gasteiger partial charge >= 0.3 is 0 Å². The molecule has 11 nitrogen and oxygen atoms in total. The van der Waals surface area contributed by atoms with E-state index in [1.807, 2.05) is 0 Å². The van der Waals surface area contributed by atoms with Crippen molar-refractivity contribution in [2.24, 2.45) is 0 Å². The molecule has 3 N–H and O–H groups in total. The molecule has 5 amide bonds. The van der Waals surface area contributed by atoms with E-state index >= 15 is 0 Å². The van der Waals surface area contributed by atoms with Crippen molar-refractivity contribution < 1.29 is 28.5 Å². The lowest BCUT2D eigenvalue weighted by atomic mass is 10.4. The normalized spacial score (nSPS) is 22.9. The van der Waals surface area contributed by atoms with Gasteiger partial charge in [0.2, 0.25) is 37.0 Å². The fourth-order valence-electron chi connectivity index (χ4n) is 3.63. The lowest BCUT2D eigenvalue weighted by Crippen LogP contribution is -2.38. The summed E-state index contributed by atoms with van der Waals surface area (Å²) in [5.74, 6) is -1.16. The summed E-state index contributed by atoms with van der Waals surface area (Å²) in [6.07, 6.45) is 4.47. The fraction of sp³-hybridized carbons (Fsp3) is 0.737. The van der Waals surface area contributed by atoms with Crippen LogP contribution in [-0.4, -0.2) is 102 Å². The third kappa shape index (κ3) is 7.54. The monoisotopic (exact) mass is 521 g/mol. The average molecular weight is 522 g/mol. The van der Waals surface area contributed by atoms with Gasteiger partial charge in [-0.2, -0.15) is 23.5 Å². The SMILES string of the molecule is CNC(=O)CCNP(=O)(CCCN1C(=O)CC(SC)C1=O)NCCN1C(=O)CC(SC)C1=O. The van der Waals surface area contributed by atoms with Crippen LogP contribution in [0.25, 0.3) is 0 Å². The molecule has 2 aliphatic rings. The van der Waals surface area contributed by atoms with E-state index < -0.39 is 7.44 Å². The van der Waals surface area contributed by atoms with E-state index in [1.165, 1.54) is 40.4 Å². The molecule has 3 atom stereocenters. The van der Waals surface area contributed by atoms with Crippen molar-refractivity contribution in [2.75, 3.05) is 51.9 Å².